The molecule has 0 unspecified atom stereocenters. The van der Waals surface area contributed by atoms with Gasteiger partial charge in [0.2, 0.25) is 9.84 Å². The molecule has 9 heteroatoms. The van der Waals surface area contributed by atoms with Crippen molar-refractivity contribution in [1.82, 2.24) is 15.3 Å². The van der Waals surface area contributed by atoms with Crippen molar-refractivity contribution in [2.45, 2.75) is 16.3 Å². The maximum Gasteiger partial charge on any atom is 0.267 e. The monoisotopic (exact) mass is 443 g/mol. The fourth-order valence-corrected chi connectivity index (χ4v) is 4.33. The lowest BCUT2D eigenvalue weighted by atomic mass is 10.2. The van der Waals surface area contributed by atoms with Crippen LogP contribution in [0.3, 0.4) is 0 Å². The summed E-state index contributed by atoms with van der Waals surface area (Å²) in [7, 11) is -3.88. The van der Waals surface area contributed by atoms with E-state index in [2.05, 4.69) is 15.3 Å². The molecule has 2 aromatic heterocycles. The number of pyridine rings is 1. The highest BCUT2D eigenvalue weighted by Crippen LogP contribution is 2.25. The zero-order valence-corrected chi connectivity index (χ0v) is 17.0. The van der Waals surface area contributed by atoms with E-state index >= 15 is 0 Å². The van der Waals surface area contributed by atoms with Crippen LogP contribution in [0.1, 0.15) is 16.1 Å². The molecule has 0 aliphatic carbocycles. The molecule has 1 amide bonds. The van der Waals surface area contributed by atoms with Gasteiger partial charge in [-0.3, -0.25) is 9.78 Å². The average Bonchev–Trinajstić information content (AvgIpc) is 3.18. The standard InChI is InChI=1S/C21H15ClFN3O3S/c22-17-6-5-16(10-18(17)23)30(28,29)15-3-1-13(2-4-15)11-25-21(27)20-9-14-12-24-8-7-19(14)26-20/h1-10,12,26H,11H2,(H,25,27). The lowest BCUT2D eigenvalue weighted by molar-refractivity contribution is 0.0946. The zero-order chi connectivity index (χ0) is 21.3. The summed E-state index contributed by atoms with van der Waals surface area (Å²) in [5.74, 6) is -1.09. The number of aromatic amines is 1. The summed E-state index contributed by atoms with van der Waals surface area (Å²) in [6.07, 6.45) is 3.29. The van der Waals surface area contributed by atoms with E-state index in [-0.39, 0.29) is 27.3 Å². The Balaban J connectivity index is 1.46. The number of benzene rings is 2. The predicted octanol–water partition coefficient (Wildman–Crippen LogP) is 4.12. The molecule has 6 nitrogen and oxygen atoms in total. The molecule has 2 aromatic carbocycles. The highest BCUT2D eigenvalue weighted by atomic mass is 35.5. The number of sulfone groups is 1. The van der Waals surface area contributed by atoms with Gasteiger partial charge >= 0.3 is 0 Å². The summed E-state index contributed by atoms with van der Waals surface area (Å²) in [4.78, 5) is 19.2. The van der Waals surface area contributed by atoms with E-state index in [4.69, 9.17) is 11.6 Å². The van der Waals surface area contributed by atoms with Crippen LogP contribution < -0.4 is 5.32 Å². The minimum atomic E-state index is -3.88. The van der Waals surface area contributed by atoms with Crippen molar-refractivity contribution in [3.8, 4) is 0 Å². The molecular weight excluding hydrogens is 429 g/mol. The zero-order valence-electron chi connectivity index (χ0n) is 15.4. The Labute approximate surface area is 176 Å². The molecule has 0 bridgehead atoms. The lowest BCUT2D eigenvalue weighted by Crippen LogP contribution is -2.23. The van der Waals surface area contributed by atoms with Crippen molar-refractivity contribution in [1.29, 1.82) is 0 Å². The van der Waals surface area contributed by atoms with E-state index in [9.17, 15) is 17.6 Å². The molecule has 4 rings (SSSR count). The van der Waals surface area contributed by atoms with Gasteiger partial charge in [0.25, 0.3) is 5.91 Å². The number of halogens is 2. The second-order valence-corrected chi connectivity index (χ2v) is 8.91. The first-order valence-corrected chi connectivity index (χ1v) is 10.7. The molecule has 0 radical (unpaired) electrons. The first-order chi connectivity index (χ1) is 14.3. The molecule has 2 heterocycles. The van der Waals surface area contributed by atoms with Gasteiger partial charge in [-0.1, -0.05) is 23.7 Å². The minimum absolute atomic E-state index is 0.0161. The van der Waals surface area contributed by atoms with E-state index < -0.39 is 15.7 Å². The number of fused-ring (bicyclic) bond motifs is 1. The molecule has 0 saturated heterocycles. The molecule has 0 fully saturated rings. The van der Waals surface area contributed by atoms with Crippen molar-refractivity contribution in [2.75, 3.05) is 0 Å². The van der Waals surface area contributed by atoms with Gasteiger partial charge in [-0.05, 0) is 48.0 Å². The van der Waals surface area contributed by atoms with Crippen LogP contribution >= 0.6 is 11.6 Å². The maximum atomic E-state index is 13.6. The van der Waals surface area contributed by atoms with Crippen LogP contribution in [-0.4, -0.2) is 24.3 Å². The first-order valence-electron chi connectivity index (χ1n) is 8.84. The minimum Gasteiger partial charge on any atom is -0.350 e. The smallest absolute Gasteiger partial charge is 0.267 e. The lowest BCUT2D eigenvalue weighted by Gasteiger charge is -2.08. The van der Waals surface area contributed by atoms with Crippen molar-refractivity contribution in [3.05, 3.63) is 89.1 Å². The van der Waals surface area contributed by atoms with Gasteiger partial charge < -0.3 is 10.3 Å². The molecule has 0 aliphatic heterocycles. The Hall–Kier alpha value is -3.23. The summed E-state index contributed by atoms with van der Waals surface area (Å²) in [5, 5.41) is 3.46. The highest BCUT2D eigenvalue weighted by molar-refractivity contribution is 7.91. The Bertz CT molecular complexity index is 1320. The van der Waals surface area contributed by atoms with Gasteiger partial charge in [-0.15, -0.1) is 0 Å². The molecule has 2 N–H and O–H groups in total. The van der Waals surface area contributed by atoms with Gasteiger partial charge in [-0.2, -0.15) is 0 Å². The fourth-order valence-electron chi connectivity index (χ4n) is 2.94. The number of aromatic nitrogens is 2. The number of carbonyl (C=O) groups is 1. The molecular formula is C21H15ClFN3O3S. The van der Waals surface area contributed by atoms with Crippen LogP contribution in [0.5, 0.6) is 0 Å². The van der Waals surface area contributed by atoms with Gasteiger partial charge in [0.05, 0.1) is 14.8 Å². The second kappa shape index (κ2) is 7.89. The third-order valence-electron chi connectivity index (χ3n) is 4.55. The Morgan fingerprint density at radius 2 is 1.80 bits per heavy atom. The van der Waals surface area contributed by atoms with E-state index in [1.54, 1.807) is 36.7 Å². The van der Waals surface area contributed by atoms with Gasteiger partial charge in [-0.25, -0.2) is 12.8 Å². The maximum absolute atomic E-state index is 13.6. The fraction of sp³-hybridized carbons (Fsp3) is 0.0476. The average molecular weight is 444 g/mol. The predicted molar refractivity (Wildman–Crippen MR) is 111 cm³/mol. The summed E-state index contributed by atoms with van der Waals surface area (Å²) in [5.41, 5.74) is 1.92. The number of hydrogen-bond acceptors (Lipinski definition) is 4. The van der Waals surface area contributed by atoms with Crippen LogP contribution in [0.2, 0.25) is 5.02 Å². The number of rotatable bonds is 5. The third kappa shape index (κ3) is 3.92. The van der Waals surface area contributed by atoms with Crippen LogP contribution in [0.15, 0.2) is 76.8 Å². The largest absolute Gasteiger partial charge is 0.350 e. The molecule has 152 valence electrons. The SMILES string of the molecule is O=C(NCc1ccc(S(=O)(=O)c2ccc(Cl)c(F)c2)cc1)c1cc2cnccc2[nH]1. The summed E-state index contributed by atoms with van der Waals surface area (Å²) in [6, 6.07) is 12.8. The first kappa shape index (κ1) is 20.1. The number of nitrogens with zero attached hydrogens (tertiary/aromatic N) is 1. The van der Waals surface area contributed by atoms with Crippen LogP contribution in [0, 0.1) is 5.82 Å². The van der Waals surface area contributed by atoms with Crippen LogP contribution in [0.25, 0.3) is 10.9 Å². The number of H-pyrrole nitrogens is 1. The molecule has 30 heavy (non-hydrogen) atoms. The van der Waals surface area contributed by atoms with Crippen molar-refractivity contribution >= 4 is 38.2 Å². The van der Waals surface area contributed by atoms with Gasteiger partial charge in [0, 0.05) is 29.8 Å². The Morgan fingerprint density at radius 3 is 2.50 bits per heavy atom. The molecule has 0 saturated carbocycles. The van der Waals surface area contributed by atoms with Gasteiger partial charge in [0.1, 0.15) is 11.5 Å². The number of nitrogens with one attached hydrogen (secondary N) is 2. The number of carbonyl (C=O) groups excluding carboxylic acids is 1. The van der Waals surface area contributed by atoms with Crippen LogP contribution in [0.4, 0.5) is 4.39 Å². The van der Waals surface area contributed by atoms with E-state index in [0.717, 1.165) is 17.0 Å². The quantitative estimate of drug-likeness (QED) is 0.485. The van der Waals surface area contributed by atoms with E-state index in [1.165, 1.54) is 24.3 Å². The molecule has 0 atom stereocenters. The Morgan fingerprint density at radius 1 is 1.07 bits per heavy atom. The molecule has 0 aliphatic rings. The summed E-state index contributed by atoms with van der Waals surface area (Å²) >= 11 is 5.62. The molecule has 4 aromatic rings. The third-order valence-corrected chi connectivity index (χ3v) is 6.63. The van der Waals surface area contributed by atoms with Crippen LogP contribution in [-0.2, 0) is 16.4 Å². The number of hydrogen-bond donors (Lipinski definition) is 2. The molecule has 0 spiro atoms. The second-order valence-electron chi connectivity index (χ2n) is 6.55. The van der Waals surface area contributed by atoms with Crippen molar-refractivity contribution in [2.24, 2.45) is 0 Å². The van der Waals surface area contributed by atoms with Crippen molar-refractivity contribution in [3.63, 3.8) is 0 Å². The normalized spacial score (nSPS) is 11.5. The summed E-state index contributed by atoms with van der Waals surface area (Å²) < 4.78 is 38.9. The van der Waals surface area contributed by atoms with E-state index in [1.807, 2.05) is 0 Å². The highest BCUT2D eigenvalue weighted by Gasteiger charge is 2.19. The van der Waals surface area contributed by atoms with E-state index in [0.29, 0.717) is 11.3 Å². The topological polar surface area (TPSA) is 91.9 Å². The van der Waals surface area contributed by atoms with Gasteiger partial charge in [0.15, 0.2) is 0 Å². The summed E-state index contributed by atoms with van der Waals surface area (Å²) in [6.45, 7) is 0.211. The van der Waals surface area contributed by atoms with Crippen molar-refractivity contribution < 1.29 is 17.6 Å². The Kier molecular flexibility index (Phi) is 5.27. The number of amides is 1.